The summed E-state index contributed by atoms with van der Waals surface area (Å²) in [5.74, 6) is 1.31. The van der Waals surface area contributed by atoms with Gasteiger partial charge in [-0.25, -0.2) is 0 Å². The minimum Gasteiger partial charge on any atom is -0.314 e. The van der Waals surface area contributed by atoms with Gasteiger partial charge in [0, 0.05) is 29.6 Å². The molecule has 1 rings (SSSR count). The average Bonchev–Trinajstić information content (AvgIpc) is 2.18. The summed E-state index contributed by atoms with van der Waals surface area (Å²) in [4.78, 5) is 2.64. The largest absolute Gasteiger partial charge is 0.314 e. The van der Waals surface area contributed by atoms with Crippen molar-refractivity contribution >= 4 is 11.8 Å². The molecular weight excluding hydrogens is 204 g/mol. The lowest BCUT2D eigenvalue weighted by molar-refractivity contribution is 0.209. The zero-order chi connectivity index (χ0) is 11.3. The highest BCUT2D eigenvalue weighted by Gasteiger charge is 2.24. The van der Waals surface area contributed by atoms with Crippen LogP contribution in [0.5, 0.6) is 0 Å². The van der Waals surface area contributed by atoms with Gasteiger partial charge in [0.1, 0.15) is 0 Å². The second kappa shape index (κ2) is 6.77. The monoisotopic (exact) mass is 230 g/mol. The van der Waals surface area contributed by atoms with Crippen LogP contribution >= 0.6 is 11.8 Å². The Hall–Kier alpha value is 0.270. The van der Waals surface area contributed by atoms with E-state index in [-0.39, 0.29) is 0 Å². The lowest BCUT2D eigenvalue weighted by atomic mass is 10.2. The van der Waals surface area contributed by atoms with Crippen LogP contribution in [0.2, 0.25) is 0 Å². The molecule has 2 nitrogen and oxygen atoms in total. The molecule has 2 atom stereocenters. The molecule has 90 valence electrons. The summed E-state index contributed by atoms with van der Waals surface area (Å²) >= 11 is 2.12. The molecule has 0 aromatic rings. The number of nitrogens with one attached hydrogen (secondary N) is 1. The van der Waals surface area contributed by atoms with Gasteiger partial charge < -0.3 is 5.32 Å². The Kier molecular flexibility index (Phi) is 6.02. The Labute approximate surface area is 99.2 Å². The van der Waals surface area contributed by atoms with Crippen LogP contribution < -0.4 is 5.32 Å². The second-order valence-electron chi connectivity index (χ2n) is 4.81. The minimum absolute atomic E-state index is 0.623. The van der Waals surface area contributed by atoms with Crippen LogP contribution in [0.4, 0.5) is 0 Å². The highest BCUT2D eigenvalue weighted by Crippen LogP contribution is 2.23. The maximum atomic E-state index is 3.48. The van der Waals surface area contributed by atoms with Crippen molar-refractivity contribution in [3.05, 3.63) is 0 Å². The number of nitrogens with zero attached hydrogens (tertiary/aromatic N) is 1. The first-order valence-corrected chi connectivity index (χ1v) is 7.25. The minimum atomic E-state index is 0.623. The van der Waals surface area contributed by atoms with E-state index in [1.54, 1.807) is 0 Å². The van der Waals surface area contributed by atoms with Gasteiger partial charge in [-0.2, -0.15) is 11.8 Å². The van der Waals surface area contributed by atoms with Crippen molar-refractivity contribution in [1.29, 1.82) is 0 Å². The van der Waals surface area contributed by atoms with Crippen molar-refractivity contribution in [3.63, 3.8) is 0 Å². The maximum absolute atomic E-state index is 3.48. The van der Waals surface area contributed by atoms with Gasteiger partial charge in [0.15, 0.2) is 0 Å². The van der Waals surface area contributed by atoms with Crippen molar-refractivity contribution in [2.75, 3.05) is 25.4 Å². The molecule has 0 bridgehead atoms. The predicted molar refractivity (Wildman–Crippen MR) is 70.7 cm³/mol. The van der Waals surface area contributed by atoms with Crippen LogP contribution in [0.15, 0.2) is 0 Å². The highest BCUT2D eigenvalue weighted by atomic mass is 32.2. The van der Waals surface area contributed by atoms with Gasteiger partial charge >= 0.3 is 0 Å². The van der Waals surface area contributed by atoms with Gasteiger partial charge in [-0.05, 0) is 26.4 Å². The third-order valence-electron chi connectivity index (χ3n) is 3.19. The van der Waals surface area contributed by atoms with Gasteiger partial charge in [0.05, 0.1) is 0 Å². The molecule has 2 unspecified atom stereocenters. The van der Waals surface area contributed by atoms with Gasteiger partial charge in [0.2, 0.25) is 0 Å². The molecule has 0 saturated carbocycles. The van der Waals surface area contributed by atoms with E-state index < -0.39 is 0 Å². The molecule has 1 aliphatic rings. The van der Waals surface area contributed by atoms with Crippen LogP contribution in [0.3, 0.4) is 0 Å². The van der Waals surface area contributed by atoms with E-state index in [4.69, 9.17) is 0 Å². The molecule has 0 aromatic heterocycles. The fourth-order valence-electron chi connectivity index (χ4n) is 1.98. The Morgan fingerprint density at radius 3 is 2.80 bits per heavy atom. The molecule has 1 N–H and O–H groups in total. The average molecular weight is 230 g/mol. The molecule has 0 aromatic carbocycles. The smallest absolute Gasteiger partial charge is 0.0184 e. The highest BCUT2D eigenvalue weighted by molar-refractivity contribution is 8.00. The summed E-state index contributed by atoms with van der Waals surface area (Å²) in [6.07, 6.45) is 1.28. The molecule has 0 spiro atoms. The fraction of sp³-hybridized carbons (Fsp3) is 1.00. The zero-order valence-electron chi connectivity index (χ0n) is 10.6. The molecule has 1 fully saturated rings. The van der Waals surface area contributed by atoms with Crippen LogP contribution in [0.25, 0.3) is 0 Å². The van der Waals surface area contributed by atoms with Crippen molar-refractivity contribution in [2.45, 2.75) is 51.4 Å². The van der Waals surface area contributed by atoms with E-state index in [0.29, 0.717) is 6.04 Å². The Balaban J connectivity index is 2.14. The summed E-state index contributed by atoms with van der Waals surface area (Å²) in [7, 11) is 0. The molecule has 1 aliphatic heterocycles. The molecule has 1 heterocycles. The molecule has 0 aliphatic carbocycles. The lowest BCUT2D eigenvalue weighted by Crippen LogP contribution is -2.45. The summed E-state index contributed by atoms with van der Waals surface area (Å²) in [5, 5.41) is 4.28. The molecule has 0 amide bonds. The summed E-state index contributed by atoms with van der Waals surface area (Å²) in [6.45, 7) is 12.8. The first-order valence-electron chi connectivity index (χ1n) is 6.20. The van der Waals surface area contributed by atoms with Gasteiger partial charge in [-0.3, -0.25) is 4.90 Å². The predicted octanol–water partition coefficient (Wildman–Crippen LogP) is 2.20. The second-order valence-corrected chi connectivity index (χ2v) is 6.30. The summed E-state index contributed by atoms with van der Waals surface area (Å²) in [6, 6.07) is 1.38. The van der Waals surface area contributed by atoms with Gasteiger partial charge in [-0.1, -0.05) is 20.8 Å². The number of hydrogen-bond acceptors (Lipinski definition) is 3. The van der Waals surface area contributed by atoms with Crippen molar-refractivity contribution in [3.8, 4) is 0 Å². The molecular formula is C12H26N2S. The Morgan fingerprint density at radius 2 is 2.13 bits per heavy atom. The fourth-order valence-corrected chi connectivity index (χ4v) is 3.15. The standard InChI is InChI=1S/C12H26N2S/c1-10(2)13-6-5-7-14-8-9-15-12(4)11(14)3/h10-13H,5-9H2,1-4H3. The van der Waals surface area contributed by atoms with Crippen LogP contribution in [-0.4, -0.2) is 47.6 Å². The van der Waals surface area contributed by atoms with Crippen LogP contribution in [0.1, 0.15) is 34.1 Å². The van der Waals surface area contributed by atoms with Crippen LogP contribution in [0, 0.1) is 0 Å². The number of hydrogen-bond donors (Lipinski definition) is 1. The van der Waals surface area contributed by atoms with Crippen molar-refractivity contribution < 1.29 is 0 Å². The van der Waals surface area contributed by atoms with E-state index in [0.717, 1.165) is 17.8 Å². The molecule has 0 radical (unpaired) electrons. The Bertz CT molecular complexity index is 173. The van der Waals surface area contributed by atoms with Crippen LogP contribution in [-0.2, 0) is 0 Å². The Morgan fingerprint density at radius 1 is 1.40 bits per heavy atom. The first-order chi connectivity index (χ1) is 7.11. The third kappa shape index (κ3) is 4.75. The van der Waals surface area contributed by atoms with E-state index in [2.05, 4.69) is 49.7 Å². The van der Waals surface area contributed by atoms with E-state index in [9.17, 15) is 0 Å². The SMILES string of the molecule is CC(C)NCCCN1CCSC(C)C1C. The topological polar surface area (TPSA) is 15.3 Å². The maximum Gasteiger partial charge on any atom is 0.0184 e. The number of thioether (sulfide) groups is 1. The van der Waals surface area contributed by atoms with E-state index in [1.807, 2.05) is 0 Å². The van der Waals surface area contributed by atoms with Gasteiger partial charge in [-0.15, -0.1) is 0 Å². The number of rotatable bonds is 5. The molecule has 1 saturated heterocycles. The normalized spacial score (nSPS) is 28.6. The summed E-state index contributed by atoms with van der Waals surface area (Å²) in [5.41, 5.74) is 0. The summed E-state index contributed by atoms with van der Waals surface area (Å²) < 4.78 is 0. The van der Waals surface area contributed by atoms with Gasteiger partial charge in [0.25, 0.3) is 0 Å². The zero-order valence-corrected chi connectivity index (χ0v) is 11.4. The quantitative estimate of drug-likeness (QED) is 0.729. The third-order valence-corrected chi connectivity index (χ3v) is 4.53. The van der Waals surface area contributed by atoms with Crippen molar-refractivity contribution in [1.82, 2.24) is 10.2 Å². The molecule has 3 heteroatoms. The first kappa shape index (κ1) is 13.3. The van der Waals surface area contributed by atoms with E-state index >= 15 is 0 Å². The molecule has 15 heavy (non-hydrogen) atoms. The lowest BCUT2D eigenvalue weighted by Gasteiger charge is -2.37. The van der Waals surface area contributed by atoms with E-state index in [1.165, 1.54) is 25.3 Å². The van der Waals surface area contributed by atoms with Crippen molar-refractivity contribution in [2.24, 2.45) is 0 Å².